The summed E-state index contributed by atoms with van der Waals surface area (Å²) >= 11 is 0. The zero-order valence-corrected chi connectivity index (χ0v) is 13.2. The van der Waals surface area contributed by atoms with Crippen molar-refractivity contribution in [1.29, 1.82) is 0 Å². The van der Waals surface area contributed by atoms with Crippen molar-refractivity contribution in [2.45, 2.75) is 51.2 Å². The molecule has 1 aliphatic heterocycles. The van der Waals surface area contributed by atoms with E-state index in [9.17, 15) is 0 Å². The van der Waals surface area contributed by atoms with Gasteiger partial charge < -0.3 is 10.3 Å². The summed E-state index contributed by atoms with van der Waals surface area (Å²) in [6.07, 6.45) is 9.57. The van der Waals surface area contributed by atoms with Crippen LogP contribution in [0.2, 0.25) is 0 Å². The lowest BCUT2D eigenvalue weighted by atomic mass is 10.1. The Labute approximate surface area is 128 Å². The summed E-state index contributed by atoms with van der Waals surface area (Å²) in [5.41, 5.74) is 7.35. The summed E-state index contributed by atoms with van der Waals surface area (Å²) in [5.74, 6) is 0. The highest BCUT2D eigenvalue weighted by molar-refractivity contribution is 5.07. The molecule has 0 amide bonds. The largest absolute Gasteiger partial charge is 0.333 e. The molecular formula is C16H29N5. The predicted octanol–water partition coefficient (Wildman–Crippen LogP) is 1.46. The Morgan fingerprint density at radius 3 is 2.57 bits per heavy atom. The van der Waals surface area contributed by atoms with E-state index in [4.69, 9.17) is 5.73 Å². The third kappa shape index (κ3) is 3.15. The molecule has 0 spiro atoms. The highest BCUT2D eigenvalue weighted by Crippen LogP contribution is 2.26. The van der Waals surface area contributed by atoms with Gasteiger partial charge in [0, 0.05) is 51.5 Å². The molecule has 1 saturated heterocycles. The highest BCUT2D eigenvalue weighted by atomic mass is 15.3. The van der Waals surface area contributed by atoms with Crippen LogP contribution in [0, 0.1) is 0 Å². The van der Waals surface area contributed by atoms with Crippen LogP contribution in [-0.4, -0.2) is 58.1 Å². The molecule has 2 heterocycles. The molecule has 1 aliphatic carbocycles. The maximum absolute atomic E-state index is 6.08. The summed E-state index contributed by atoms with van der Waals surface area (Å²) < 4.78 is 2.22. The van der Waals surface area contributed by atoms with Crippen molar-refractivity contribution in [3.8, 4) is 0 Å². The van der Waals surface area contributed by atoms with Gasteiger partial charge in [-0.15, -0.1) is 0 Å². The van der Waals surface area contributed by atoms with Crippen LogP contribution in [0.25, 0.3) is 0 Å². The van der Waals surface area contributed by atoms with Crippen LogP contribution in [-0.2, 0) is 6.54 Å². The van der Waals surface area contributed by atoms with E-state index in [0.29, 0.717) is 12.6 Å². The van der Waals surface area contributed by atoms with Gasteiger partial charge >= 0.3 is 0 Å². The van der Waals surface area contributed by atoms with Crippen molar-refractivity contribution in [3.63, 3.8) is 0 Å². The maximum Gasteiger partial charge on any atom is 0.0948 e. The minimum absolute atomic E-state index is 0.318. The van der Waals surface area contributed by atoms with Crippen LogP contribution in [0.3, 0.4) is 0 Å². The van der Waals surface area contributed by atoms with Crippen molar-refractivity contribution < 1.29 is 0 Å². The zero-order chi connectivity index (χ0) is 14.7. The number of rotatable bonds is 5. The van der Waals surface area contributed by atoms with Crippen LogP contribution in [0.4, 0.5) is 0 Å². The minimum atomic E-state index is 0.318. The van der Waals surface area contributed by atoms with Gasteiger partial charge in [0.15, 0.2) is 0 Å². The van der Waals surface area contributed by atoms with Gasteiger partial charge in [-0.1, -0.05) is 12.8 Å². The normalized spacial score (nSPS) is 23.7. The summed E-state index contributed by atoms with van der Waals surface area (Å²) in [5, 5.41) is 0. The molecule has 1 saturated carbocycles. The SMILES string of the molecule is CCn1cncc1C(CN)N1CCN(C2CCCC2)CC1. The molecule has 0 aromatic carbocycles. The van der Waals surface area contributed by atoms with E-state index in [2.05, 4.69) is 26.3 Å². The first-order valence-corrected chi connectivity index (χ1v) is 8.51. The van der Waals surface area contributed by atoms with E-state index in [-0.39, 0.29) is 0 Å². The zero-order valence-electron chi connectivity index (χ0n) is 13.2. The van der Waals surface area contributed by atoms with Gasteiger partial charge in [0.2, 0.25) is 0 Å². The van der Waals surface area contributed by atoms with Crippen molar-refractivity contribution in [3.05, 3.63) is 18.2 Å². The maximum atomic E-state index is 6.08. The molecule has 21 heavy (non-hydrogen) atoms. The molecule has 5 heteroatoms. The predicted molar refractivity (Wildman–Crippen MR) is 85.1 cm³/mol. The van der Waals surface area contributed by atoms with Gasteiger partial charge in [0.1, 0.15) is 0 Å². The summed E-state index contributed by atoms with van der Waals surface area (Å²) in [6, 6.07) is 1.17. The molecule has 2 N–H and O–H groups in total. The molecule has 2 fully saturated rings. The van der Waals surface area contributed by atoms with Crippen LogP contribution in [0.5, 0.6) is 0 Å². The lowest BCUT2D eigenvalue weighted by Crippen LogP contribution is -2.51. The lowest BCUT2D eigenvalue weighted by molar-refractivity contribution is 0.0700. The second-order valence-electron chi connectivity index (χ2n) is 6.37. The smallest absolute Gasteiger partial charge is 0.0948 e. The van der Waals surface area contributed by atoms with E-state index in [1.807, 2.05) is 12.5 Å². The molecule has 3 rings (SSSR count). The van der Waals surface area contributed by atoms with Crippen molar-refractivity contribution in [1.82, 2.24) is 19.4 Å². The van der Waals surface area contributed by atoms with E-state index < -0.39 is 0 Å². The Morgan fingerprint density at radius 2 is 1.95 bits per heavy atom. The van der Waals surface area contributed by atoms with Gasteiger partial charge in [-0.3, -0.25) is 9.80 Å². The number of nitrogens with zero attached hydrogens (tertiary/aromatic N) is 4. The number of aromatic nitrogens is 2. The number of hydrogen-bond donors (Lipinski definition) is 1. The van der Waals surface area contributed by atoms with Crippen LogP contribution in [0.1, 0.15) is 44.3 Å². The standard InChI is InChI=1S/C16H29N5/c1-2-19-13-18-12-16(19)15(11-17)21-9-7-20(8-10-21)14-5-3-4-6-14/h12-15H,2-11,17H2,1H3. The van der Waals surface area contributed by atoms with Gasteiger partial charge in [0.05, 0.1) is 18.1 Å². The Hall–Kier alpha value is -0.910. The van der Waals surface area contributed by atoms with Crippen LogP contribution in [0.15, 0.2) is 12.5 Å². The Bertz CT molecular complexity index is 430. The quantitative estimate of drug-likeness (QED) is 0.892. The molecule has 0 bridgehead atoms. The number of piperazine rings is 1. The third-order valence-electron chi connectivity index (χ3n) is 5.28. The van der Waals surface area contributed by atoms with E-state index in [1.165, 1.54) is 44.5 Å². The van der Waals surface area contributed by atoms with Gasteiger partial charge in [-0.05, 0) is 19.8 Å². The van der Waals surface area contributed by atoms with E-state index in [1.54, 1.807) is 0 Å². The highest BCUT2D eigenvalue weighted by Gasteiger charge is 2.30. The second-order valence-corrected chi connectivity index (χ2v) is 6.37. The molecule has 118 valence electrons. The van der Waals surface area contributed by atoms with Gasteiger partial charge in [0.25, 0.3) is 0 Å². The molecule has 2 aliphatic rings. The van der Waals surface area contributed by atoms with Gasteiger partial charge in [-0.25, -0.2) is 4.98 Å². The molecule has 1 unspecified atom stereocenters. The van der Waals surface area contributed by atoms with Crippen LogP contribution < -0.4 is 5.73 Å². The fourth-order valence-electron chi connectivity index (χ4n) is 4.01. The lowest BCUT2D eigenvalue weighted by Gasteiger charge is -2.41. The van der Waals surface area contributed by atoms with E-state index >= 15 is 0 Å². The van der Waals surface area contributed by atoms with Crippen molar-refractivity contribution in [2.24, 2.45) is 5.73 Å². The monoisotopic (exact) mass is 291 g/mol. The topological polar surface area (TPSA) is 50.3 Å². The van der Waals surface area contributed by atoms with E-state index in [0.717, 1.165) is 25.7 Å². The fourth-order valence-corrected chi connectivity index (χ4v) is 4.01. The molecule has 5 nitrogen and oxygen atoms in total. The minimum Gasteiger partial charge on any atom is -0.333 e. The number of nitrogens with two attached hydrogens (primary N) is 1. The summed E-state index contributed by atoms with van der Waals surface area (Å²) in [4.78, 5) is 9.56. The Kier molecular flexibility index (Phi) is 4.93. The average molecular weight is 291 g/mol. The second kappa shape index (κ2) is 6.90. The first kappa shape index (κ1) is 15.0. The van der Waals surface area contributed by atoms with Gasteiger partial charge in [-0.2, -0.15) is 0 Å². The number of imidazole rings is 1. The molecule has 0 radical (unpaired) electrons. The number of aryl methyl sites for hydroxylation is 1. The first-order chi connectivity index (χ1) is 10.3. The third-order valence-corrected chi connectivity index (χ3v) is 5.28. The van der Waals surface area contributed by atoms with Crippen LogP contribution >= 0.6 is 0 Å². The van der Waals surface area contributed by atoms with Crippen molar-refractivity contribution in [2.75, 3.05) is 32.7 Å². The Balaban J connectivity index is 1.61. The summed E-state index contributed by atoms with van der Waals surface area (Å²) in [7, 11) is 0. The summed E-state index contributed by atoms with van der Waals surface area (Å²) in [6.45, 7) is 8.46. The Morgan fingerprint density at radius 1 is 1.24 bits per heavy atom. The molecule has 1 aromatic rings. The first-order valence-electron chi connectivity index (χ1n) is 8.51. The van der Waals surface area contributed by atoms with Crippen molar-refractivity contribution >= 4 is 0 Å². The average Bonchev–Trinajstić information content (AvgIpc) is 3.20. The molecule has 1 atom stereocenters. The molecular weight excluding hydrogens is 262 g/mol. The molecule has 1 aromatic heterocycles. The number of hydrogen-bond acceptors (Lipinski definition) is 4. The fraction of sp³-hybridized carbons (Fsp3) is 0.812.